The van der Waals surface area contributed by atoms with Crippen LogP contribution in [0.15, 0.2) is 53.5 Å². The van der Waals surface area contributed by atoms with Crippen LogP contribution in [0.3, 0.4) is 0 Å². The highest BCUT2D eigenvalue weighted by Crippen LogP contribution is 2.40. The lowest BCUT2D eigenvalue weighted by Gasteiger charge is -2.22. The fourth-order valence-electron chi connectivity index (χ4n) is 4.81. The van der Waals surface area contributed by atoms with Gasteiger partial charge in [0, 0.05) is 24.0 Å². The van der Waals surface area contributed by atoms with E-state index in [1.54, 1.807) is 55.5 Å². The van der Waals surface area contributed by atoms with E-state index in [1.807, 2.05) is 0 Å². The van der Waals surface area contributed by atoms with E-state index >= 15 is 0 Å². The smallest absolute Gasteiger partial charge is 0.322 e. The van der Waals surface area contributed by atoms with Gasteiger partial charge in [0.25, 0.3) is 5.91 Å². The molecule has 2 aliphatic heterocycles. The number of carbonyl (C=O) groups excluding carboxylic acids is 3. The Bertz CT molecular complexity index is 1250. The van der Waals surface area contributed by atoms with Crippen LogP contribution < -0.4 is 5.32 Å². The van der Waals surface area contributed by atoms with Crippen LogP contribution in [0.1, 0.15) is 42.4 Å². The molecule has 1 fully saturated rings. The summed E-state index contributed by atoms with van der Waals surface area (Å²) in [5, 5.41) is 2.59. The third kappa shape index (κ3) is 5.73. The lowest BCUT2D eigenvalue weighted by molar-refractivity contribution is -0.147. The number of benzodiazepines with no additional fused rings is 1. The van der Waals surface area contributed by atoms with E-state index in [4.69, 9.17) is 0 Å². The molecule has 0 unspecified atom stereocenters. The Labute approximate surface area is 213 Å². The van der Waals surface area contributed by atoms with Gasteiger partial charge >= 0.3 is 12.4 Å². The van der Waals surface area contributed by atoms with Gasteiger partial charge in [-0.25, -0.2) is 9.89 Å². The average molecular weight is 539 g/mol. The molecule has 3 amide bonds. The highest BCUT2D eigenvalue weighted by Gasteiger charge is 2.53. The monoisotopic (exact) mass is 539 g/mol. The quantitative estimate of drug-likeness (QED) is 0.395. The first-order valence-electron chi connectivity index (χ1n) is 11.8. The standard InChI is InChI=1S/C26H23F6N3O3/c1-14-6-2-3-7-15(14)20-18-8-4-5-9-19(18)33-22(36)21(34-20)35-23(37)16(10-12-25(27,28)29)17(24(35)38)11-13-26(30,31)32/h2-9,16-17,21H,10-13H2,1H3,(H,33,36)/t16-,17+,21-/m0/s1. The van der Waals surface area contributed by atoms with Gasteiger partial charge < -0.3 is 5.32 Å². The van der Waals surface area contributed by atoms with Crippen LogP contribution in [0.25, 0.3) is 0 Å². The van der Waals surface area contributed by atoms with Crippen LogP contribution in [0.2, 0.25) is 0 Å². The van der Waals surface area contributed by atoms with Crippen molar-refractivity contribution in [3.8, 4) is 0 Å². The highest BCUT2D eigenvalue weighted by atomic mass is 19.4. The minimum absolute atomic E-state index is 0.244. The van der Waals surface area contributed by atoms with Crippen LogP contribution in [0.5, 0.6) is 0 Å². The minimum atomic E-state index is -4.69. The third-order valence-electron chi connectivity index (χ3n) is 6.64. The zero-order chi connectivity index (χ0) is 27.8. The molecule has 0 spiro atoms. The van der Waals surface area contributed by atoms with Gasteiger partial charge in [-0.1, -0.05) is 42.5 Å². The molecule has 38 heavy (non-hydrogen) atoms. The number of nitrogens with zero attached hydrogens (tertiary/aromatic N) is 2. The summed E-state index contributed by atoms with van der Waals surface area (Å²) in [5.74, 6) is -6.53. The lowest BCUT2D eigenvalue weighted by Crippen LogP contribution is -2.46. The number of fused-ring (bicyclic) bond motifs is 1. The van der Waals surface area contributed by atoms with E-state index in [-0.39, 0.29) is 5.71 Å². The lowest BCUT2D eigenvalue weighted by atomic mass is 9.87. The van der Waals surface area contributed by atoms with Crippen LogP contribution in [-0.2, 0) is 14.4 Å². The summed E-state index contributed by atoms with van der Waals surface area (Å²) >= 11 is 0. The minimum Gasteiger partial charge on any atom is -0.322 e. The number of hydrogen-bond donors (Lipinski definition) is 1. The third-order valence-corrected chi connectivity index (χ3v) is 6.64. The molecule has 2 aliphatic rings. The fraction of sp³-hybridized carbons (Fsp3) is 0.385. The number of alkyl halides is 6. The summed E-state index contributed by atoms with van der Waals surface area (Å²) in [6.45, 7) is 1.78. The zero-order valence-corrected chi connectivity index (χ0v) is 20.1. The number of amides is 3. The summed E-state index contributed by atoms with van der Waals surface area (Å²) < 4.78 is 77.7. The molecular weight excluding hydrogens is 516 g/mol. The molecule has 2 heterocycles. The van der Waals surface area contributed by atoms with Crippen LogP contribution in [0.4, 0.5) is 32.0 Å². The molecule has 1 saturated heterocycles. The number of hydrogen-bond acceptors (Lipinski definition) is 4. The van der Waals surface area contributed by atoms with Crippen molar-refractivity contribution in [3.05, 3.63) is 65.2 Å². The maximum atomic E-state index is 13.3. The van der Waals surface area contributed by atoms with Gasteiger partial charge in [-0.15, -0.1) is 0 Å². The molecule has 202 valence electrons. The number of anilines is 1. The fourth-order valence-corrected chi connectivity index (χ4v) is 4.81. The molecular formula is C26H23F6N3O3. The van der Waals surface area contributed by atoms with Gasteiger partial charge in [0.05, 0.1) is 23.2 Å². The van der Waals surface area contributed by atoms with Gasteiger partial charge in [0.15, 0.2) is 0 Å². The summed E-state index contributed by atoms with van der Waals surface area (Å²) in [7, 11) is 0. The first kappa shape index (κ1) is 27.3. The Morgan fingerprint density at radius 1 is 0.789 bits per heavy atom. The Kier molecular flexibility index (Phi) is 7.35. The number of aliphatic imine (C=N–C) groups is 1. The maximum Gasteiger partial charge on any atom is 0.389 e. The number of aryl methyl sites for hydroxylation is 1. The predicted molar refractivity (Wildman–Crippen MR) is 125 cm³/mol. The molecule has 0 saturated carbocycles. The van der Waals surface area contributed by atoms with Crippen molar-refractivity contribution in [2.45, 2.75) is 51.1 Å². The van der Waals surface area contributed by atoms with Crippen molar-refractivity contribution >= 4 is 29.1 Å². The van der Waals surface area contributed by atoms with Gasteiger partial charge in [-0.05, 0) is 31.4 Å². The topological polar surface area (TPSA) is 78.8 Å². The number of halogens is 6. The largest absolute Gasteiger partial charge is 0.389 e. The second-order valence-electron chi connectivity index (χ2n) is 9.27. The molecule has 6 nitrogen and oxygen atoms in total. The molecule has 2 aromatic carbocycles. The van der Waals surface area contributed by atoms with E-state index < -0.39 is 73.8 Å². The number of nitrogens with one attached hydrogen (secondary N) is 1. The number of likely N-dealkylation sites (tertiary alicyclic amines) is 1. The molecule has 2 aromatic rings. The first-order valence-corrected chi connectivity index (χ1v) is 11.8. The van der Waals surface area contributed by atoms with Gasteiger partial charge in [-0.3, -0.25) is 14.4 Å². The van der Waals surface area contributed by atoms with Crippen molar-refractivity contribution in [1.29, 1.82) is 0 Å². The number of imide groups is 1. The molecule has 1 N–H and O–H groups in total. The van der Waals surface area contributed by atoms with Crippen molar-refractivity contribution in [1.82, 2.24) is 4.90 Å². The van der Waals surface area contributed by atoms with E-state index in [1.165, 1.54) is 0 Å². The van der Waals surface area contributed by atoms with Gasteiger partial charge in [0.2, 0.25) is 18.0 Å². The molecule has 0 aromatic heterocycles. The maximum absolute atomic E-state index is 13.3. The second kappa shape index (κ2) is 10.2. The molecule has 0 radical (unpaired) electrons. The van der Waals surface area contributed by atoms with Crippen LogP contribution in [0, 0.1) is 18.8 Å². The first-order chi connectivity index (χ1) is 17.8. The Balaban J connectivity index is 1.78. The van der Waals surface area contributed by atoms with Crippen LogP contribution >= 0.6 is 0 Å². The number of benzene rings is 2. The Hall–Kier alpha value is -3.70. The normalized spacial score (nSPS) is 22.2. The average Bonchev–Trinajstić information content (AvgIpc) is 2.96. The summed E-state index contributed by atoms with van der Waals surface area (Å²) in [4.78, 5) is 44.7. The van der Waals surface area contributed by atoms with Crippen molar-refractivity contribution < 1.29 is 40.7 Å². The second-order valence-corrected chi connectivity index (χ2v) is 9.27. The van der Waals surface area contributed by atoms with E-state index in [0.717, 1.165) is 5.56 Å². The number of rotatable bonds is 6. The molecule has 0 aliphatic carbocycles. The van der Waals surface area contributed by atoms with Crippen molar-refractivity contribution in [3.63, 3.8) is 0 Å². The van der Waals surface area contributed by atoms with E-state index in [2.05, 4.69) is 10.3 Å². The Morgan fingerprint density at radius 2 is 1.29 bits per heavy atom. The van der Waals surface area contributed by atoms with Gasteiger partial charge in [-0.2, -0.15) is 26.3 Å². The summed E-state index contributed by atoms with van der Waals surface area (Å²) in [6.07, 6.45) is -15.9. The van der Waals surface area contributed by atoms with Crippen LogP contribution in [-0.4, -0.2) is 46.9 Å². The zero-order valence-electron chi connectivity index (χ0n) is 20.1. The van der Waals surface area contributed by atoms with Gasteiger partial charge in [0.1, 0.15) is 0 Å². The number of carbonyl (C=O) groups is 3. The number of para-hydroxylation sites is 1. The van der Waals surface area contributed by atoms with Crippen molar-refractivity contribution in [2.75, 3.05) is 5.32 Å². The SMILES string of the molecule is Cc1ccccc1C1=N[C@@H](N2C(=O)[C@@H](CCC(F)(F)F)[C@@H](CCC(F)(F)F)C2=O)C(=O)Nc2ccccc21. The highest BCUT2D eigenvalue weighted by molar-refractivity contribution is 6.21. The predicted octanol–water partition coefficient (Wildman–Crippen LogP) is 5.40. The van der Waals surface area contributed by atoms with E-state index in [0.29, 0.717) is 21.7 Å². The summed E-state index contributed by atoms with van der Waals surface area (Å²) in [5.41, 5.74) is 2.36. The van der Waals surface area contributed by atoms with Crippen molar-refractivity contribution in [2.24, 2.45) is 16.8 Å². The molecule has 4 rings (SSSR count). The summed E-state index contributed by atoms with van der Waals surface area (Å²) in [6, 6.07) is 13.5. The molecule has 12 heteroatoms. The molecule has 3 atom stereocenters. The van der Waals surface area contributed by atoms with E-state index in [9.17, 15) is 40.7 Å². The Morgan fingerprint density at radius 3 is 1.82 bits per heavy atom. The molecule has 0 bridgehead atoms.